The third kappa shape index (κ3) is 6.11. The maximum absolute atomic E-state index is 7.83. The molecule has 3 nitrogen and oxygen atoms in total. The van der Waals surface area contributed by atoms with E-state index in [0.717, 1.165) is 6.42 Å². The fourth-order valence-electron chi connectivity index (χ4n) is 0.352. The molecule has 0 aromatic carbocycles. The van der Waals surface area contributed by atoms with E-state index in [2.05, 4.69) is 10.0 Å². The summed E-state index contributed by atoms with van der Waals surface area (Å²) in [7, 11) is 0. The molecule has 0 atom stereocenters. The topological polar surface area (TPSA) is 48.8 Å². The molecule has 0 unspecified atom stereocenters. The third-order valence-electron chi connectivity index (χ3n) is 0.748. The molecular formula is C4H8N3Sn. The molecule has 0 fully saturated rings. The van der Waals surface area contributed by atoms with Crippen LogP contribution < -0.4 is 0 Å². The van der Waals surface area contributed by atoms with Crippen LogP contribution in [0.1, 0.15) is 12.8 Å². The second-order valence-corrected chi connectivity index (χ2v) is 2.84. The first-order chi connectivity index (χ1) is 3.91. The Bertz CT molecular complexity index is 87.3. The zero-order valence-electron chi connectivity index (χ0n) is 4.67. The van der Waals surface area contributed by atoms with Gasteiger partial charge in [-0.15, -0.1) is 0 Å². The van der Waals surface area contributed by atoms with E-state index in [1.54, 1.807) is 22.5 Å². The molecule has 0 heterocycles. The summed E-state index contributed by atoms with van der Waals surface area (Å²) in [4.78, 5) is 2.64. The molecular weight excluding hydrogens is 209 g/mol. The van der Waals surface area contributed by atoms with Crippen LogP contribution in [0.4, 0.5) is 0 Å². The average Bonchev–Trinajstić information content (AvgIpc) is 1.81. The Balaban J connectivity index is 2.82. The van der Waals surface area contributed by atoms with Crippen LogP contribution in [0.2, 0.25) is 4.44 Å². The van der Waals surface area contributed by atoms with Gasteiger partial charge in [-0.2, -0.15) is 0 Å². The molecule has 0 amide bonds. The van der Waals surface area contributed by atoms with Crippen molar-refractivity contribution in [1.29, 1.82) is 0 Å². The van der Waals surface area contributed by atoms with Gasteiger partial charge in [0, 0.05) is 0 Å². The normalized spacial score (nSPS) is 8.12. The number of unbranched alkanes of at least 4 members (excludes halogenated alkanes) is 1. The fraction of sp³-hybridized carbons (Fsp3) is 1.00. The van der Waals surface area contributed by atoms with Crippen LogP contribution in [-0.4, -0.2) is 29.1 Å². The van der Waals surface area contributed by atoms with Crippen molar-refractivity contribution in [3.63, 3.8) is 0 Å². The third-order valence-corrected chi connectivity index (χ3v) is 1.76. The van der Waals surface area contributed by atoms with Gasteiger partial charge in [0.25, 0.3) is 0 Å². The van der Waals surface area contributed by atoms with Crippen LogP contribution in [0, 0.1) is 0 Å². The van der Waals surface area contributed by atoms with Crippen molar-refractivity contribution in [3.8, 4) is 0 Å². The van der Waals surface area contributed by atoms with Gasteiger partial charge in [-0.25, -0.2) is 0 Å². The second kappa shape index (κ2) is 7.11. The molecule has 0 saturated heterocycles. The van der Waals surface area contributed by atoms with Crippen LogP contribution in [-0.2, 0) is 0 Å². The fourth-order valence-corrected chi connectivity index (χ4v) is 1.07. The van der Waals surface area contributed by atoms with Gasteiger partial charge in [-0.1, -0.05) is 0 Å². The van der Waals surface area contributed by atoms with Crippen molar-refractivity contribution in [2.45, 2.75) is 17.3 Å². The number of hydrogen-bond acceptors (Lipinski definition) is 1. The predicted molar refractivity (Wildman–Crippen MR) is 33.8 cm³/mol. The number of rotatable bonds is 4. The Morgan fingerprint density at radius 2 is 2.25 bits per heavy atom. The first-order valence-corrected chi connectivity index (χ1v) is 4.59. The van der Waals surface area contributed by atoms with E-state index in [4.69, 9.17) is 5.53 Å². The molecule has 0 spiro atoms. The van der Waals surface area contributed by atoms with Crippen molar-refractivity contribution >= 4 is 22.5 Å². The van der Waals surface area contributed by atoms with Crippen LogP contribution >= 0.6 is 0 Å². The van der Waals surface area contributed by atoms with Gasteiger partial charge in [0.05, 0.1) is 0 Å². The molecule has 0 aliphatic heterocycles. The molecule has 0 rings (SSSR count). The summed E-state index contributed by atoms with van der Waals surface area (Å²) < 4.78 is 1.27. The monoisotopic (exact) mass is 218 g/mol. The van der Waals surface area contributed by atoms with Gasteiger partial charge in [-0.3, -0.25) is 0 Å². The van der Waals surface area contributed by atoms with E-state index < -0.39 is 0 Å². The first-order valence-electron chi connectivity index (χ1n) is 2.57. The van der Waals surface area contributed by atoms with E-state index >= 15 is 0 Å². The quantitative estimate of drug-likeness (QED) is 0.226. The summed E-state index contributed by atoms with van der Waals surface area (Å²) in [6.45, 7) is 0.671. The minimum atomic E-state index is 0.671. The number of hydrogen-bond donors (Lipinski definition) is 0. The van der Waals surface area contributed by atoms with Gasteiger partial charge in [0.15, 0.2) is 0 Å². The van der Waals surface area contributed by atoms with Gasteiger partial charge in [0.1, 0.15) is 0 Å². The van der Waals surface area contributed by atoms with Crippen LogP contribution in [0.15, 0.2) is 5.11 Å². The molecule has 8 heavy (non-hydrogen) atoms. The SMILES string of the molecule is [N-]=[N+]=NCCC[CH2][Sn]. The Kier molecular flexibility index (Phi) is 7.21. The summed E-state index contributed by atoms with van der Waals surface area (Å²) in [5.74, 6) is 0. The Morgan fingerprint density at radius 3 is 2.75 bits per heavy atom. The second-order valence-electron chi connectivity index (χ2n) is 1.41. The minimum absolute atomic E-state index is 0.671. The summed E-state index contributed by atoms with van der Waals surface area (Å²) in [6.07, 6.45) is 2.26. The predicted octanol–water partition coefficient (Wildman–Crippen LogP) is 1.66. The Hall–Kier alpha value is 0.109. The zero-order valence-corrected chi connectivity index (χ0v) is 7.52. The molecule has 0 aliphatic carbocycles. The summed E-state index contributed by atoms with van der Waals surface area (Å²) >= 11 is 1.57. The van der Waals surface area contributed by atoms with Crippen molar-refractivity contribution < 1.29 is 0 Å². The van der Waals surface area contributed by atoms with Crippen molar-refractivity contribution in [1.82, 2.24) is 0 Å². The van der Waals surface area contributed by atoms with Gasteiger partial charge in [-0.05, 0) is 0 Å². The molecule has 0 aliphatic rings. The van der Waals surface area contributed by atoms with Crippen LogP contribution in [0.3, 0.4) is 0 Å². The zero-order chi connectivity index (χ0) is 6.24. The number of nitrogens with zero attached hydrogens (tertiary/aromatic N) is 3. The summed E-state index contributed by atoms with van der Waals surface area (Å²) in [6, 6.07) is 0. The molecule has 43 valence electrons. The molecule has 0 N–H and O–H groups in total. The molecule has 4 heteroatoms. The standard InChI is InChI=1S/C4H8N3.Sn/c1-2-3-4-6-7-5;/h1-4H2;. The van der Waals surface area contributed by atoms with E-state index in [-0.39, 0.29) is 0 Å². The molecule has 3 radical (unpaired) electrons. The van der Waals surface area contributed by atoms with Gasteiger partial charge >= 0.3 is 61.9 Å². The maximum atomic E-state index is 7.83. The van der Waals surface area contributed by atoms with E-state index in [0.29, 0.717) is 6.54 Å². The van der Waals surface area contributed by atoms with E-state index in [9.17, 15) is 0 Å². The van der Waals surface area contributed by atoms with Gasteiger partial charge in [0.2, 0.25) is 0 Å². The molecule has 0 saturated carbocycles. The summed E-state index contributed by atoms with van der Waals surface area (Å²) in [5, 5.41) is 3.40. The van der Waals surface area contributed by atoms with E-state index in [1.165, 1.54) is 10.9 Å². The van der Waals surface area contributed by atoms with Crippen molar-refractivity contribution in [3.05, 3.63) is 10.4 Å². The van der Waals surface area contributed by atoms with Crippen LogP contribution in [0.5, 0.6) is 0 Å². The Labute approximate surface area is 62.2 Å². The van der Waals surface area contributed by atoms with Crippen LogP contribution in [0.25, 0.3) is 10.4 Å². The average molecular weight is 217 g/mol. The molecule has 0 aromatic rings. The van der Waals surface area contributed by atoms with Crippen molar-refractivity contribution in [2.75, 3.05) is 6.54 Å². The van der Waals surface area contributed by atoms with E-state index in [1.807, 2.05) is 0 Å². The van der Waals surface area contributed by atoms with Gasteiger partial charge < -0.3 is 0 Å². The Morgan fingerprint density at radius 1 is 1.50 bits per heavy atom. The molecule has 0 aromatic heterocycles. The first kappa shape index (κ1) is 8.11. The number of azide groups is 1. The summed E-state index contributed by atoms with van der Waals surface area (Å²) in [5.41, 5.74) is 7.83. The van der Waals surface area contributed by atoms with Crippen molar-refractivity contribution in [2.24, 2.45) is 5.11 Å². The molecule has 0 bridgehead atoms.